The van der Waals surface area contributed by atoms with Gasteiger partial charge in [-0.3, -0.25) is 4.79 Å². The maximum atomic E-state index is 12.5. The molecule has 0 aliphatic rings. The van der Waals surface area contributed by atoms with Crippen molar-refractivity contribution in [3.8, 4) is 11.1 Å². The molecule has 2 heterocycles. The van der Waals surface area contributed by atoms with Crippen LogP contribution in [0.4, 0.5) is 0 Å². The Labute approximate surface area is 152 Å². The van der Waals surface area contributed by atoms with Crippen LogP contribution in [0.5, 0.6) is 0 Å². The standard InChI is InChI=1S/C19H22N4O3/c1-13-17(14-7-5-4-6-8-14)18-21-11-15(19(24)20-9-10-25-2)16(12-26-3)23(18)22-13/h4-8,11H,9-10,12H2,1-3H3,(H,20,24). The zero-order chi connectivity index (χ0) is 18.5. The van der Waals surface area contributed by atoms with Crippen LogP contribution < -0.4 is 5.32 Å². The van der Waals surface area contributed by atoms with Gasteiger partial charge in [0.15, 0.2) is 5.65 Å². The minimum Gasteiger partial charge on any atom is -0.383 e. The number of benzene rings is 1. The number of rotatable bonds is 7. The van der Waals surface area contributed by atoms with Gasteiger partial charge in [0.1, 0.15) is 0 Å². The summed E-state index contributed by atoms with van der Waals surface area (Å²) in [5.74, 6) is -0.224. The summed E-state index contributed by atoms with van der Waals surface area (Å²) in [5, 5.41) is 7.43. The summed E-state index contributed by atoms with van der Waals surface area (Å²) in [6.45, 7) is 3.06. The van der Waals surface area contributed by atoms with Gasteiger partial charge in [-0.05, 0) is 12.5 Å². The lowest BCUT2D eigenvalue weighted by Gasteiger charge is -2.11. The van der Waals surface area contributed by atoms with Crippen LogP contribution in [0.25, 0.3) is 16.8 Å². The van der Waals surface area contributed by atoms with E-state index in [2.05, 4.69) is 15.4 Å². The van der Waals surface area contributed by atoms with Crippen LogP contribution in [-0.2, 0) is 16.1 Å². The number of methoxy groups -OCH3 is 2. The number of carbonyl (C=O) groups is 1. The molecule has 0 aliphatic carbocycles. The molecule has 1 N–H and O–H groups in total. The molecule has 1 amide bonds. The number of hydrogen-bond donors (Lipinski definition) is 1. The molecule has 7 nitrogen and oxygen atoms in total. The summed E-state index contributed by atoms with van der Waals surface area (Å²) >= 11 is 0. The Balaban J connectivity index is 2.10. The van der Waals surface area contributed by atoms with E-state index < -0.39 is 0 Å². The normalized spacial score (nSPS) is 11.0. The third-order valence-electron chi connectivity index (χ3n) is 4.10. The number of ether oxygens (including phenoxy) is 2. The van der Waals surface area contributed by atoms with Crippen molar-refractivity contribution in [2.24, 2.45) is 0 Å². The van der Waals surface area contributed by atoms with Gasteiger partial charge in [-0.15, -0.1) is 0 Å². The zero-order valence-corrected chi connectivity index (χ0v) is 15.2. The highest BCUT2D eigenvalue weighted by atomic mass is 16.5. The maximum Gasteiger partial charge on any atom is 0.254 e. The van der Waals surface area contributed by atoms with E-state index in [4.69, 9.17) is 9.47 Å². The van der Waals surface area contributed by atoms with Gasteiger partial charge in [0, 0.05) is 32.5 Å². The van der Waals surface area contributed by atoms with Gasteiger partial charge in [-0.25, -0.2) is 9.50 Å². The molecule has 0 atom stereocenters. The molecule has 0 aliphatic heterocycles. The lowest BCUT2D eigenvalue weighted by atomic mass is 10.1. The second-order valence-corrected chi connectivity index (χ2v) is 5.86. The van der Waals surface area contributed by atoms with Crippen LogP contribution in [0.2, 0.25) is 0 Å². The molecule has 0 saturated carbocycles. The van der Waals surface area contributed by atoms with Crippen molar-refractivity contribution in [2.45, 2.75) is 13.5 Å². The minimum absolute atomic E-state index is 0.224. The first-order valence-electron chi connectivity index (χ1n) is 8.36. The van der Waals surface area contributed by atoms with Crippen LogP contribution in [0.1, 0.15) is 21.7 Å². The molecule has 1 aromatic carbocycles. The van der Waals surface area contributed by atoms with Gasteiger partial charge in [-0.1, -0.05) is 30.3 Å². The predicted octanol–water partition coefficient (Wildman–Crippen LogP) is 2.23. The molecule has 7 heteroatoms. The van der Waals surface area contributed by atoms with E-state index in [-0.39, 0.29) is 12.5 Å². The van der Waals surface area contributed by atoms with Crippen LogP contribution in [0, 0.1) is 6.92 Å². The highest BCUT2D eigenvalue weighted by Crippen LogP contribution is 2.28. The van der Waals surface area contributed by atoms with Crippen molar-refractivity contribution >= 4 is 11.6 Å². The fourth-order valence-corrected chi connectivity index (χ4v) is 2.91. The Bertz CT molecular complexity index is 906. The molecule has 0 unspecified atom stereocenters. The van der Waals surface area contributed by atoms with E-state index in [9.17, 15) is 4.79 Å². The maximum absolute atomic E-state index is 12.5. The Morgan fingerprint density at radius 2 is 1.96 bits per heavy atom. The highest BCUT2D eigenvalue weighted by molar-refractivity contribution is 5.95. The molecular formula is C19H22N4O3. The van der Waals surface area contributed by atoms with Crippen molar-refractivity contribution in [2.75, 3.05) is 27.4 Å². The van der Waals surface area contributed by atoms with E-state index >= 15 is 0 Å². The smallest absolute Gasteiger partial charge is 0.254 e. The van der Waals surface area contributed by atoms with E-state index in [1.165, 1.54) is 0 Å². The number of nitrogens with zero attached hydrogens (tertiary/aromatic N) is 3. The van der Waals surface area contributed by atoms with Gasteiger partial charge < -0.3 is 14.8 Å². The minimum atomic E-state index is -0.224. The number of hydrogen-bond acceptors (Lipinski definition) is 5. The first-order chi connectivity index (χ1) is 12.7. The van der Waals surface area contributed by atoms with E-state index in [1.807, 2.05) is 37.3 Å². The Kier molecular flexibility index (Phi) is 5.60. The van der Waals surface area contributed by atoms with Crippen molar-refractivity contribution < 1.29 is 14.3 Å². The number of nitrogens with one attached hydrogen (secondary N) is 1. The Hall–Kier alpha value is -2.77. The molecule has 0 bridgehead atoms. The lowest BCUT2D eigenvalue weighted by Crippen LogP contribution is -2.29. The first kappa shape index (κ1) is 18.0. The van der Waals surface area contributed by atoms with Crippen molar-refractivity contribution in [1.29, 1.82) is 0 Å². The van der Waals surface area contributed by atoms with Gasteiger partial charge in [0.25, 0.3) is 5.91 Å². The van der Waals surface area contributed by atoms with Crippen molar-refractivity contribution in [3.63, 3.8) is 0 Å². The summed E-state index contributed by atoms with van der Waals surface area (Å²) in [5.41, 5.74) is 4.64. The summed E-state index contributed by atoms with van der Waals surface area (Å²) in [4.78, 5) is 17.0. The van der Waals surface area contributed by atoms with Gasteiger partial charge in [0.2, 0.25) is 0 Å². The molecule has 3 rings (SSSR count). The number of fused-ring (bicyclic) bond motifs is 1. The molecule has 136 valence electrons. The van der Waals surface area contributed by atoms with Crippen LogP contribution >= 0.6 is 0 Å². The molecule has 0 saturated heterocycles. The number of aryl methyl sites for hydroxylation is 1. The molecule has 3 aromatic rings. The fourth-order valence-electron chi connectivity index (χ4n) is 2.91. The molecule has 0 fully saturated rings. The molecule has 2 aromatic heterocycles. The molecular weight excluding hydrogens is 332 g/mol. The zero-order valence-electron chi connectivity index (χ0n) is 15.2. The Morgan fingerprint density at radius 3 is 2.65 bits per heavy atom. The third kappa shape index (κ3) is 3.44. The number of aromatic nitrogens is 3. The van der Waals surface area contributed by atoms with Gasteiger partial charge in [-0.2, -0.15) is 5.10 Å². The van der Waals surface area contributed by atoms with Crippen LogP contribution in [-0.4, -0.2) is 47.9 Å². The SMILES string of the molecule is COCCNC(=O)c1cnc2c(-c3ccccc3)c(C)nn2c1COC. The van der Waals surface area contributed by atoms with Gasteiger partial charge in [0.05, 0.1) is 30.2 Å². The van der Waals surface area contributed by atoms with Crippen molar-refractivity contribution in [1.82, 2.24) is 19.9 Å². The quantitative estimate of drug-likeness (QED) is 0.658. The fraction of sp³-hybridized carbons (Fsp3) is 0.316. The average Bonchev–Trinajstić information content (AvgIpc) is 2.99. The topological polar surface area (TPSA) is 77.8 Å². The number of amides is 1. The summed E-state index contributed by atoms with van der Waals surface area (Å²) in [6.07, 6.45) is 1.58. The Morgan fingerprint density at radius 1 is 1.19 bits per heavy atom. The van der Waals surface area contributed by atoms with Crippen molar-refractivity contribution in [3.05, 3.63) is 53.5 Å². The lowest BCUT2D eigenvalue weighted by molar-refractivity contribution is 0.0930. The third-order valence-corrected chi connectivity index (χ3v) is 4.10. The van der Waals surface area contributed by atoms with Crippen LogP contribution in [0.15, 0.2) is 36.5 Å². The predicted molar refractivity (Wildman–Crippen MR) is 98.1 cm³/mol. The largest absolute Gasteiger partial charge is 0.383 e. The van der Waals surface area contributed by atoms with E-state index in [1.54, 1.807) is 24.9 Å². The first-order valence-corrected chi connectivity index (χ1v) is 8.36. The monoisotopic (exact) mass is 354 g/mol. The second kappa shape index (κ2) is 8.07. The molecule has 0 radical (unpaired) electrons. The second-order valence-electron chi connectivity index (χ2n) is 5.86. The highest BCUT2D eigenvalue weighted by Gasteiger charge is 2.20. The van der Waals surface area contributed by atoms with E-state index in [0.717, 1.165) is 16.8 Å². The van der Waals surface area contributed by atoms with E-state index in [0.29, 0.717) is 30.1 Å². The average molecular weight is 354 g/mol. The number of carbonyl (C=O) groups excluding carboxylic acids is 1. The van der Waals surface area contributed by atoms with Gasteiger partial charge >= 0.3 is 0 Å². The molecule has 26 heavy (non-hydrogen) atoms. The summed E-state index contributed by atoms with van der Waals surface area (Å²) in [6, 6.07) is 9.97. The summed E-state index contributed by atoms with van der Waals surface area (Å²) < 4.78 is 12.0. The molecule has 0 spiro atoms. The van der Waals surface area contributed by atoms with Crippen LogP contribution in [0.3, 0.4) is 0 Å². The summed E-state index contributed by atoms with van der Waals surface area (Å²) in [7, 11) is 3.18.